The van der Waals surface area contributed by atoms with Gasteiger partial charge in [-0.1, -0.05) is 0 Å². The first-order valence-corrected chi connectivity index (χ1v) is 9.72. The number of aromatic amines is 1. The lowest BCUT2D eigenvalue weighted by Gasteiger charge is -2.31. The van der Waals surface area contributed by atoms with Gasteiger partial charge in [0.2, 0.25) is 11.6 Å². The van der Waals surface area contributed by atoms with Crippen LogP contribution in [0.25, 0.3) is 21.3 Å². The third-order valence-corrected chi connectivity index (χ3v) is 5.69. The minimum absolute atomic E-state index is 0.0643. The fraction of sp³-hybridized carbons (Fsp3) is 0.222. The molecule has 10 nitrogen and oxygen atoms in total. The van der Waals surface area contributed by atoms with Crippen molar-refractivity contribution in [2.24, 2.45) is 0 Å². The van der Waals surface area contributed by atoms with E-state index in [9.17, 15) is 9.59 Å². The van der Waals surface area contributed by atoms with Crippen molar-refractivity contribution < 1.29 is 9.59 Å². The Hall–Kier alpha value is -3.60. The largest absolute Gasteiger partial charge is 0.342 e. The van der Waals surface area contributed by atoms with Crippen LogP contribution in [0.15, 0.2) is 30.6 Å². The number of anilines is 2. The average Bonchev–Trinajstić information content (AvgIpc) is 3.34. The zero-order valence-electron chi connectivity index (χ0n) is 15.4. The molecule has 0 saturated carbocycles. The topological polar surface area (TPSA) is 120 Å². The van der Waals surface area contributed by atoms with Crippen LogP contribution in [0.2, 0.25) is 0 Å². The molecule has 1 aliphatic rings. The van der Waals surface area contributed by atoms with Crippen LogP contribution >= 0.6 is 11.5 Å². The first-order chi connectivity index (χ1) is 14.1. The Morgan fingerprint density at radius 3 is 2.97 bits per heavy atom. The van der Waals surface area contributed by atoms with Crippen molar-refractivity contribution in [2.75, 3.05) is 32.0 Å². The zero-order chi connectivity index (χ0) is 20.0. The van der Waals surface area contributed by atoms with E-state index in [1.165, 1.54) is 11.5 Å². The van der Waals surface area contributed by atoms with Crippen LogP contribution in [0.1, 0.15) is 10.5 Å². The Morgan fingerprint density at radius 1 is 1.24 bits per heavy atom. The van der Waals surface area contributed by atoms with Crippen molar-refractivity contribution in [3.05, 3.63) is 36.3 Å². The highest BCUT2D eigenvalue weighted by Gasteiger charge is 2.28. The number of hydrogen-bond donors (Lipinski definition) is 2. The summed E-state index contributed by atoms with van der Waals surface area (Å²) < 4.78 is 5.23. The molecule has 4 aromatic rings. The van der Waals surface area contributed by atoms with Crippen molar-refractivity contribution in [1.29, 1.82) is 0 Å². The minimum Gasteiger partial charge on any atom is -0.342 e. The Balaban J connectivity index is 1.41. The van der Waals surface area contributed by atoms with Crippen molar-refractivity contribution in [2.45, 2.75) is 0 Å². The molecule has 1 aromatic carbocycles. The zero-order valence-corrected chi connectivity index (χ0v) is 16.2. The van der Waals surface area contributed by atoms with Crippen LogP contribution in [0, 0.1) is 0 Å². The van der Waals surface area contributed by atoms with Crippen LogP contribution in [-0.2, 0) is 4.79 Å². The lowest BCUT2D eigenvalue weighted by molar-refractivity contribution is -0.133. The van der Waals surface area contributed by atoms with Crippen LogP contribution in [0.3, 0.4) is 0 Å². The van der Waals surface area contributed by atoms with E-state index in [0.29, 0.717) is 35.8 Å². The fourth-order valence-corrected chi connectivity index (χ4v) is 4.04. The second-order valence-electron chi connectivity index (χ2n) is 6.74. The second kappa shape index (κ2) is 6.78. The van der Waals surface area contributed by atoms with Gasteiger partial charge in [0.1, 0.15) is 12.2 Å². The summed E-state index contributed by atoms with van der Waals surface area (Å²) in [5.41, 5.74) is 2.37. The standard InChI is InChI=1S/C18H16N8O2S/c1-25-6-7-26(9-13(25)27)18(28)14-11-3-2-10(8-12(11)29-24-14)21-17-15-16(22-23-17)20-5-4-19-15/h2-5,8H,6-7,9H2,1H3,(H2,20,21,22,23). The molecule has 0 aliphatic carbocycles. The molecule has 0 bridgehead atoms. The maximum atomic E-state index is 12.9. The summed E-state index contributed by atoms with van der Waals surface area (Å²) in [7, 11) is 1.74. The molecular weight excluding hydrogens is 392 g/mol. The highest BCUT2D eigenvalue weighted by Crippen LogP contribution is 2.29. The molecule has 4 heterocycles. The van der Waals surface area contributed by atoms with Crippen molar-refractivity contribution in [1.82, 2.24) is 34.3 Å². The number of benzene rings is 1. The van der Waals surface area contributed by atoms with Crippen molar-refractivity contribution >= 4 is 56.1 Å². The molecular formula is C18H16N8O2S. The molecule has 5 rings (SSSR count). The third kappa shape index (κ3) is 3.05. The van der Waals surface area contributed by atoms with Crippen LogP contribution < -0.4 is 5.32 Å². The van der Waals surface area contributed by atoms with Gasteiger partial charge in [0, 0.05) is 43.6 Å². The first-order valence-electron chi connectivity index (χ1n) is 8.95. The van der Waals surface area contributed by atoms with Gasteiger partial charge in [-0.2, -0.15) is 9.47 Å². The van der Waals surface area contributed by atoms with Gasteiger partial charge in [-0.3, -0.25) is 14.7 Å². The molecule has 3 aromatic heterocycles. The Labute approximate surface area is 168 Å². The molecule has 0 unspecified atom stereocenters. The lowest BCUT2D eigenvalue weighted by atomic mass is 10.1. The molecule has 0 radical (unpaired) electrons. The Kier molecular flexibility index (Phi) is 4.09. The van der Waals surface area contributed by atoms with Gasteiger partial charge < -0.3 is 15.1 Å². The van der Waals surface area contributed by atoms with Gasteiger partial charge >= 0.3 is 0 Å². The van der Waals surface area contributed by atoms with E-state index in [0.717, 1.165) is 15.8 Å². The van der Waals surface area contributed by atoms with E-state index < -0.39 is 0 Å². The molecule has 0 atom stereocenters. The van der Waals surface area contributed by atoms with E-state index in [4.69, 9.17) is 0 Å². The highest BCUT2D eigenvalue weighted by molar-refractivity contribution is 7.13. The van der Waals surface area contributed by atoms with Crippen molar-refractivity contribution in [3.63, 3.8) is 0 Å². The predicted octanol–water partition coefficient (Wildman–Crippen LogP) is 1.62. The quantitative estimate of drug-likeness (QED) is 0.528. The molecule has 2 N–H and O–H groups in total. The number of aromatic nitrogens is 5. The summed E-state index contributed by atoms with van der Waals surface area (Å²) in [5, 5.41) is 11.0. The number of H-pyrrole nitrogens is 1. The van der Waals surface area contributed by atoms with E-state index in [1.54, 1.807) is 29.2 Å². The number of fused-ring (bicyclic) bond motifs is 2. The lowest BCUT2D eigenvalue weighted by Crippen LogP contribution is -2.50. The smallest absolute Gasteiger partial charge is 0.274 e. The first kappa shape index (κ1) is 17.5. The molecule has 11 heteroatoms. The second-order valence-corrected chi connectivity index (χ2v) is 7.54. The number of carbonyl (C=O) groups is 2. The van der Waals surface area contributed by atoms with E-state index in [1.807, 2.05) is 18.2 Å². The van der Waals surface area contributed by atoms with Gasteiger partial charge in [-0.05, 0) is 29.7 Å². The summed E-state index contributed by atoms with van der Waals surface area (Å²) in [4.78, 5) is 36.4. The molecule has 1 saturated heterocycles. The average molecular weight is 408 g/mol. The molecule has 1 fully saturated rings. The Bertz CT molecular complexity index is 1250. The molecule has 146 valence electrons. The number of likely N-dealkylation sites (N-methyl/N-ethyl adjacent to an activating group) is 1. The number of rotatable bonds is 3. The van der Waals surface area contributed by atoms with Crippen LogP contribution in [0.5, 0.6) is 0 Å². The summed E-state index contributed by atoms with van der Waals surface area (Å²) in [5.74, 6) is 0.364. The number of nitrogens with one attached hydrogen (secondary N) is 2. The third-order valence-electron chi connectivity index (χ3n) is 4.88. The normalized spacial score (nSPS) is 14.7. The number of amides is 2. The number of hydrogen-bond acceptors (Lipinski definition) is 8. The maximum absolute atomic E-state index is 12.9. The Morgan fingerprint density at radius 2 is 2.10 bits per heavy atom. The SMILES string of the molecule is CN1CCN(C(=O)c2nsc3cc(Nc4[nH]nc5nccnc45)ccc23)CC1=O. The van der Waals surface area contributed by atoms with Gasteiger partial charge in [-0.25, -0.2) is 9.97 Å². The molecule has 2 amide bonds. The van der Waals surface area contributed by atoms with E-state index in [2.05, 4.69) is 29.9 Å². The predicted molar refractivity (Wildman–Crippen MR) is 108 cm³/mol. The monoisotopic (exact) mass is 408 g/mol. The summed E-state index contributed by atoms with van der Waals surface area (Å²) in [6, 6.07) is 5.64. The van der Waals surface area contributed by atoms with Crippen LogP contribution in [0.4, 0.5) is 11.5 Å². The van der Waals surface area contributed by atoms with Crippen LogP contribution in [-0.4, -0.2) is 72.8 Å². The maximum Gasteiger partial charge on any atom is 0.274 e. The molecule has 0 spiro atoms. The van der Waals surface area contributed by atoms with Gasteiger partial charge in [0.25, 0.3) is 5.91 Å². The number of piperazine rings is 1. The number of nitrogens with zero attached hydrogens (tertiary/aromatic N) is 6. The summed E-state index contributed by atoms with van der Waals surface area (Å²) in [6.07, 6.45) is 3.19. The van der Waals surface area contributed by atoms with E-state index >= 15 is 0 Å². The van der Waals surface area contributed by atoms with Crippen molar-refractivity contribution in [3.8, 4) is 0 Å². The fourth-order valence-electron chi connectivity index (χ4n) is 3.23. The highest BCUT2D eigenvalue weighted by atomic mass is 32.1. The van der Waals surface area contributed by atoms with Gasteiger partial charge in [0.05, 0.1) is 4.70 Å². The molecule has 29 heavy (non-hydrogen) atoms. The van der Waals surface area contributed by atoms with E-state index in [-0.39, 0.29) is 18.4 Å². The van der Waals surface area contributed by atoms with Gasteiger partial charge in [0.15, 0.2) is 11.3 Å². The molecule has 1 aliphatic heterocycles. The van der Waals surface area contributed by atoms with Gasteiger partial charge in [-0.15, -0.1) is 0 Å². The summed E-state index contributed by atoms with van der Waals surface area (Å²) >= 11 is 1.25. The minimum atomic E-state index is -0.215. The number of carbonyl (C=O) groups excluding carboxylic acids is 2. The summed E-state index contributed by atoms with van der Waals surface area (Å²) in [6.45, 7) is 1.12.